The van der Waals surface area contributed by atoms with E-state index in [9.17, 15) is 14.4 Å². The van der Waals surface area contributed by atoms with Crippen LogP contribution in [0.3, 0.4) is 0 Å². The average molecular weight is 418 g/mol. The van der Waals surface area contributed by atoms with Crippen LogP contribution in [0.1, 0.15) is 23.2 Å². The minimum Gasteiger partial charge on any atom is -0.349 e. The van der Waals surface area contributed by atoms with E-state index in [-0.39, 0.29) is 12.5 Å². The Labute approximate surface area is 171 Å². The smallest absolute Gasteiger partial charge is 0.322 e. The molecule has 1 saturated heterocycles. The number of halogens is 2. The van der Waals surface area contributed by atoms with Crippen molar-refractivity contribution in [3.8, 4) is 11.1 Å². The summed E-state index contributed by atoms with van der Waals surface area (Å²) in [5.74, 6) is -0.803. The van der Waals surface area contributed by atoms with Crippen LogP contribution in [0.2, 0.25) is 10.0 Å². The van der Waals surface area contributed by atoms with Gasteiger partial charge in [-0.15, -0.1) is 0 Å². The summed E-state index contributed by atoms with van der Waals surface area (Å²) in [5.41, 5.74) is 0.652. The number of carbonyl (C=O) groups is 3. The number of carbonyl (C=O) groups excluding carboxylic acids is 3. The second-order valence-corrected chi connectivity index (χ2v) is 7.85. The van der Waals surface area contributed by atoms with Crippen LogP contribution >= 0.6 is 23.2 Å². The van der Waals surface area contributed by atoms with Crippen molar-refractivity contribution >= 4 is 41.0 Å². The van der Waals surface area contributed by atoms with E-state index in [1.54, 1.807) is 42.5 Å². The molecule has 2 fully saturated rings. The summed E-state index contributed by atoms with van der Waals surface area (Å²) >= 11 is 12.3. The number of rotatable bonds is 5. The Morgan fingerprint density at radius 3 is 2.43 bits per heavy atom. The Hall–Kier alpha value is -2.57. The third kappa shape index (κ3) is 3.34. The molecule has 144 valence electrons. The van der Waals surface area contributed by atoms with Gasteiger partial charge in [-0.2, -0.15) is 0 Å². The van der Waals surface area contributed by atoms with Gasteiger partial charge in [-0.25, -0.2) is 4.79 Å². The van der Waals surface area contributed by atoms with E-state index in [4.69, 9.17) is 23.2 Å². The second-order valence-electron chi connectivity index (χ2n) is 7.01. The average Bonchev–Trinajstić information content (AvgIpc) is 3.46. The van der Waals surface area contributed by atoms with Crippen molar-refractivity contribution in [1.29, 1.82) is 0 Å². The molecule has 3 N–H and O–H groups in total. The maximum Gasteiger partial charge on any atom is 0.322 e. The van der Waals surface area contributed by atoms with Crippen LogP contribution in [0.15, 0.2) is 42.5 Å². The zero-order chi connectivity index (χ0) is 19.9. The van der Waals surface area contributed by atoms with Crippen molar-refractivity contribution in [2.24, 2.45) is 5.92 Å². The largest absolute Gasteiger partial charge is 0.349 e. The molecule has 0 unspecified atom stereocenters. The second kappa shape index (κ2) is 7.11. The topological polar surface area (TPSA) is 87.3 Å². The molecule has 0 radical (unpaired) electrons. The fourth-order valence-electron chi connectivity index (χ4n) is 3.57. The predicted octanol–water partition coefficient (Wildman–Crippen LogP) is 3.38. The lowest BCUT2D eigenvalue weighted by Crippen LogP contribution is -2.57. The van der Waals surface area contributed by atoms with Crippen molar-refractivity contribution in [1.82, 2.24) is 16.0 Å². The molecule has 0 spiro atoms. The summed E-state index contributed by atoms with van der Waals surface area (Å²) in [6, 6.07) is 11.7. The van der Waals surface area contributed by atoms with Gasteiger partial charge >= 0.3 is 6.03 Å². The van der Waals surface area contributed by atoms with Crippen molar-refractivity contribution < 1.29 is 14.4 Å². The number of hydrogen-bond donors (Lipinski definition) is 3. The molecule has 1 saturated carbocycles. The summed E-state index contributed by atoms with van der Waals surface area (Å²) < 4.78 is 0. The molecule has 4 rings (SSSR count). The normalized spacial score (nSPS) is 21.2. The predicted molar refractivity (Wildman–Crippen MR) is 106 cm³/mol. The third-order valence-corrected chi connectivity index (χ3v) is 5.73. The SMILES string of the molecule is O=C1NC(=O)[C@](CNC(=O)c2c(Cl)cccc2-c2ccc(Cl)cc2)(C2CC2)N1. The van der Waals surface area contributed by atoms with E-state index in [1.807, 2.05) is 0 Å². The summed E-state index contributed by atoms with van der Waals surface area (Å²) in [5, 5.41) is 8.64. The molecule has 6 nitrogen and oxygen atoms in total. The Balaban J connectivity index is 1.61. The molecule has 2 aromatic carbocycles. The van der Waals surface area contributed by atoms with Crippen LogP contribution < -0.4 is 16.0 Å². The lowest BCUT2D eigenvalue weighted by atomic mass is 9.92. The Morgan fingerprint density at radius 2 is 1.82 bits per heavy atom. The quantitative estimate of drug-likeness (QED) is 0.651. The van der Waals surface area contributed by atoms with Crippen molar-refractivity contribution in [2.75, 3.05) is 6.54 Å². The van der Waals surface area contributed by atoms with E-state index in [2.05, 4.69) is 16.0 Å². The summed E-state index contributed by atoms with van der Waals surface area (Å²) in [4.78, 5) is 37.0. The number of hydrogen-bond acceptors (Lipinski definition) is 3. The molecule has 0 aromatic heterocycles. The molecular formula is C20H17Cl2N3O3. The molecule has 1 atom stereocenters. The fourth-order valence-corrected chi connectivity index (χ4v) is 3.96. The van der Waals surface area contributed by atoms with Gasteiger partial charge in [-0.1, -0.05) is 47.5 Å². The van der Waals surface area contributed by atoms with Crippen molar-refractivity contribution in [3.05, 3.63) is 58.1 Å². The molecule has 1 heterocycles. The molecule has 0 bridgehead atoms. The zero-order valence-corrected chi connectivity index (χ0v) is 16.2. The fraction of sp³-hybridized carbons (Fsp3) is 0.250. The van der Waals surface area contributed by atoms with Crippen LogP contribution in [-0.4, -0.2) is 29.9 Å². The first-order valence-corrected chi connectivity index (χ1v) is 9.62. The number of benzene rings is 2. The molecule has 4 amide bonds. The van der Waals surface area contributed by atoms with E-state index < -0.39 is 23.4 Å². The molecule has 1 aliphatic heterocycles. The van der Waals surface area contributed by atoms with E-state index in [1.165, 1.54) is 0 Å². The lowest BCUT2D eigenvalue weighted by molar-refractivity contribution is -0.124. The van der Waals surface area contributed by atoms with Crippen molar-refractivity contribution in [2.45, 2.75) is 18.4 Å². The molecule has 1 aliphatic carbocycles. The Bertz CT molecular complexity index is 973. The van der Waals surface area contributed by atoms with E-state index >= 15 is 0 Å². The number of nitrogens with one attached hydrogen (secondary N) is 3. The first kappa shape index (κ1) is 18.8. The Morgan fingerprint density at radius 1 is 1.11 bits per heavy atom. The molecule has 2 aliphatic rings. The van der Waals surface area contributed by atoms with Crippen LogP contribution in [0.4, 0.5) is 4.79 Å². The number of urea groups is 1. The lowest BCUT2D eigenvalue weighted by Gasteiger charge is -2.26. The first-order chi connectivity index (χ1) is 13.4. The highest BCUT2D eigenvalue weighted by molar-refractivity contribution is 6.34. The summed E-state index contributed by atoms with van der Waals surface area (Å²) in [6.45, 7) is -0.000641. The highest BCUT2D eigenvalue weighted by atomic mass is 35.5. The highest BCUT2D eigenvalue weighted by Crippen LogP contribution is 2.41. The molecule has 28 heavy (non-hydrogen) atoms. The van der Waals surface area contributed by atoms with E-state index in [0.717, 1.165) is 18.4 Å². The molecule has 8 heteroatoms. The van der Waals surface area contributed by atoms with Gasteiger partial charge in [-0.3, -0.25) is 14.9 Å². The van der Waals surface area contributed by atoms with Crippen LogP contribution in [0.5, 0.6) is 0 Å². The number of amides is 4. The van der Waals surface area contributed by atoms with Gasteiger partial charge in [0.15, 0.2) is 0 Å². The monoisotopic (exact) mass is 417 g/mol. The van der Waals surface area contributed by atoms with Crippen LogP contribution in [0.25, 0.3) is 11.1 Å². The summed E-state index contributed by atoms with van der Waals surface area (Å²) in [7, 11) is 0. The van der Waals surface area contributed by atoms with E-state index in [0.29, 0.717) is 21.2 Å². The van der Waals surface area contributed by atoms with Gasteiger partial charge in [0.25, 0.3) is 11.8 Å². The zero-order valence-electron chi connectivity index (χ0n) is 14.7. The molecule has 2 aromatic rings. The maximum absolute atomic E-state index is 13.0. The maximum atomic E-state index is 13.0. The van der Waals surface area contributed by atoms with Gasteiger partial charge in [0, 0.05) is 5.02 Å². The van der Waals surface area contributed by atoms with Gasteiger partial charge in [0.05, 0.1) is 17.1 Å². The first-order valence-electron chi connectivity index (χ1n) is 8.87. The van der Waals surface area contributed by atoms with Gasteiger partial charge in [-0.05, 0) is 48.1 Å². The minimum atomic E-state index is -1.10. The third-order valence-electron chi connectivity index (χ3n) is 5.17. The van der Waals surface area contributed by atoms with Crippen molar-refractivity contribution in [3.63, 3.8) is 0 Å². The van der Waals surface area contributed by atoms with Gasteiger partial charge < -0.3 is 10.6 Å². The van der Waals surface area contributed by atoms with Crippen LogP contribution in [0, 0.1) is 5.92 Å². The minimum absolute atomic E-state index is 0.000641. The van der Waals surface area contributed by atoms with Gasteiger partial charge in [0.1, 0.15) is 5.54 Å². The van der Waals surface area contributed by atoms with Crippen LogP contribution in [-0.2, 0) is 4.79 Å². The van der Waals surface area contributed by atoms with Gasteiger partial charge in [0.2, 0.25) is 0 Å². The Kier molecular flexibility index (Phi) is 4.77. The highest BCUT2D eigenvalue weighted by Gasteiger charge is 2.56. The standard InChI is InChI=1S/C20H17Cl2N3O3/c21-13-8-4-11(5-9-13)14-2-1-3-15(22)16(14)17(26)23-10-20(12-6-7-12)18(27)24-19(28)25-20/h1-5,8-9,12H,6-7,10H2,(H,23,26)(H2,24,25,27,28)/t20-/m0/s1. The number of imide groups is 1. The molecular weight excluding hydrogens is 401 g/mol. The summed E-state index contributed by atoms with van der Waals surface area (Å²) in [6.07, 6.45) is 1.65.